The Labute approximate surface area is 74.9 Å². The van der Waals surface area contributed by atoms with Crippen molar-refractivity contribution in [3.05, 3.63) is 0 Å². The van der Waals surface area contributed by atoms with Crippen LogP contribution >= 0.6 is 0 Å². The van der Waals surface area contributed by atoms with Crippen molar-refractivity contribution < 1.29 is 4.79 Å². The molecule has 12 heavy (non-hydrogen) atoms. The third-order valence-electron chi connectivity index (χ3n) is 2.04. The average Bonchev–Trinajstić information content (AvgIpc) is 2.11. The topological polar surface area (TPSA) is 46.3 Å². The van der Waals surface area contributed by atoms with Crippen LogP contribution in [-0.4, -0.2) is 30.4 Å². The van der Waals surface area contributed by atoms with E-state index in [2.05, 4.69) is 6.92 Å². The van der Waals surface area contributed by atoms with Gasteiger partial charge in [-0.15, -0.1) is 0 Å². The summed E-state index contributed by atoms with van der Waals surface area (Å²) < 4.78 is 0. The highest BCUT2D eigenvalue weighted by Crippen LogP contribution is 2.00. The quantitative estimate of drug-likeness (QED) is 0.672. The molecular weight excluding hydrogens is 152 g/mol. The van der Waals surface area contributed by atoms with E-state index >= 15 is 0 Å². The molecule has 0 spiro atoms. The van der Waals surface area contributed by atoms with Crippen molar-refractivity contribution in [2.75, 3.05) is 13.6 Å². The molecule has 1 amide bonds. The van der Waals surface area contributed by atoms with E-state index in [1.165, 1.54) is 0 Å². The highest BCUT2D eigenvalue weighted by molar-refractivity contribution is 5.81. The number of hydrogen-bond acceptors (Lipinski definition) is 2. The molecule has 0 aromatic heterocycles. The molecule has 0 aliphatic carbocycles. The number of nitrogens with zero attached hydrogens (tertiary/aromatic N) is 1. The van der Waals surface area contributed by atoms with Crippen LogP contribution in [0.2, 0.25) is 0 Å². The number of unbranched alkanes of at least 4 members (excludes halogenated alkanes) is 1. The molecule has 0 unspecified atom stereocenters. The lowest BCUT2D eigenvalue weighted by Gasteiger charge is -2.19. The fourth-order valence-electron chi connectivity index (χ4n) is 0.986. The fraction of sp³-hybridized carbons (Fsp3) is 0.889. The van der Waals surface area contributed by atoms with Gasteiger partial charge in [-0.3, -0.25) is 4.79 Å². The molecule has 0 heterocycles. The summed E-state index contributed by atoms with van der Waals surface area (Å²) in [6, 6.07) is -0.296. The second kappa shape index (κ2) is 6.00. The van der Waals surface area contributed by atoms with Crippen molar-refractivity contribution in [2.24, 2.45) is 5.73 Å². The predicted molar refractivity (Wildman–Crippen MR) is 50.8 cm³/mol. The molecule has 3 nitrogen and oxygen atoms in total. The second-order valence-corrected chi connectivity index (χ2v) is 3.10. The number of hydrogen-bond donors (Lipinski definition) is 1. The molecule has 0 aliphatic rings. The van der Waals surface area contributed by atoms with Gasteiger partial charge < -0.3 is 10.6 Å². The lowest BCUT2D eigenvalue weighted by Crippen LogP contribution is -2.41. The summed E-state index contributed by atoms with van der Waals surface area (Å²) in [6.45, 7) is 4.78. The molecule has 72 valence electrons. The fourth-order valence-corrected chi connectivity index (χ4v) is 0.986. The maximum Gasteiger partial charge on any atom is 0.239 e. The SMILES string of the molecule is CCCC[C@H](N)C(=O)N(C)CC. The summed E-state index contributed by atoms with van der Waals surface area (Å²) in [6.07, 6.45) is 2.93. The van der Waals surface area contributed by atoms with Crippen LogP contribution in [-0.2, 0) is 4.79 Å². The Morgan fingerprint density at radius 1 is 1.50 bits per heavy atom. The number of carbonyl (C=O) groups excluding carboxylic acids is 1. The summed E-state index contributed by atoms with van der Waals surface area (Å²) in [5, 5.41) is 0. The molecule has 0 aliphatic heterocycles. The van der Waals surface area contributed by atoms with Crippen molar-refractivity contribution in [3.8, 4) is 0 Å². The van der Waals surface area contributed by atoms with E-state index in [0.29, 0.717) is 0 Å². The minimum atomic E-state index is -0.296. The van der Waals surface area contributed by atoms with Gasteiger partial charge >= 0.3 is 0 Å². The third kappa shape index (κ3) is 3.72. The Hall–Kier alpha value is -0.570. The van der Waals surface area contributed by atoms with Gasteiger partial charge in [0.2, 0.25) is 5.91 Å². The van der Waals surface area contributed by atoms with Gasteiger partial charge in [-0.1, -0.05) is 19.8 Å². The van der Waals surface area contributed by atoms with Gasteiger partial charge in [0.05, 0.1) is 6.04 Å². The van der Waals surface area contributed by atoms with Gasteiger partial charge in [0.25, 0.3) is 0 Å². The van der Waals surface area contributed by atoms with E-state index in [-0.39, 0.29) is 11.9 Å². The predicted octanol–water partition coefficient (Wildman–Crippen LogP) is 0.982. The van der Waals surface area contributed by atoms with Crippen molar-refractivity contribution in [2.45, 2.75) is 39.2 Å². The minimum absolute atomic E-state index is 0.0611. The first-order chi connectivity index (χ1) is 5.63. The van der Waals surface area contributed by atoms with Gasteiger partial charge in [-0.2, -0.15) is 0 Å². The average molecular weight is 172 g/mol. The maximum atomic E-state index is 11.4. The number of likely N-dealkylation sites (N-methyl/N-ethyl adjacent to an activating group) is 1. The van der Waals surface area contributed by atoms with E-state index in [9.17, 15) is 4.79 Å². The van der Waals surface area contributed by atoms with Crippen molar-refractivity contribution in [1.29, 1.82) is 0 Å². The van der Waals surface area contributed by atoms with Crippen LogP contribution in [0, 0.1) is 0 Å². The summed E-state index contributed by atoms with van der Waals surface area (Å²) >= 11 is 0. The van der Waals surface area contributed by atoms with Crippen LogP contribution in [0.1, 0.15) is 33.1 Å². The van der Waals surface area contributed by atoms with Gasteiger partial charge in [-0.05, 0) is 13.3 Å². The molecule has 0 bridgehead atoms. The Morgan fingerprint density at radius 3 is 2.50 bits per heavy atom. The zero-order chi connectivity index (χ0) is 9.56. The van der Waals surface area contributed by atoms with Crippen LogP contribution in [0.5, 0.6) is 0 Å². The van der Waals surface area contributed by atoms with Crippen molar-refractivity contribution >= 4 is 5.91 Å². The number of nitrogens with two attached hydrogens (primary N) is 1. The van der Waals surface area contributed by atoms with E-state index in [1.807, 2.05) is 6.92 Å². The van der Waals surface area contributed by atoms with Gasteiger partial charge in [0.15, 0.2) is 0 Å². The Morgan fingerprint density at radius 2 is 2.08 bits per heavy atom. The first-order valence-electron chi connectivity index (χ1n) is 4.64. The van der Waals surface area contributed by atoms with Gasteiger partial charge in [0, 0.05) is 13.6 Å². The monoisotopic (exact) mass is 172 g/mol. The van der Waals surface area contributed by atoms with E-state index < -0.39 is 0 Å². The zero-order valence-electron chi connectivity index (χ0n) is 8.34. The second-order valence-electron chi connectivity index (χ2n) is 3.10. The van der Waals surface area contributed by atoms with Crippen LogP contribution < -0.4 is 5.73 Å². The highest BCUT2D eigenvalue weighted by atomic mass is 16.2. The van der Waals surface area contributed by atoms with E-state index in [4.69, 9.17) is 5.73 Å². The standard InChI is InChI=1S/C9H20N2O/c1-4-6-7-8(10)9(12)11(3)5-2/h8H,4-7,10H2,1-3H3/t8-/m0/s1. The lowest BCUT2D eigenvalue weighted by atomic mass is 10.1. The van der Waals surface area contributed by atoms with Crippen molar-refractivity contribution in [1.82, 2.24) is 4.90 Å². The summed E-state index contributed by atoms with van der Waals surface area (Å²) in [5.74, 6) is 0.0611. The summed E-state index contributed by atoms with van der Waals surface area (Å²) in [7, 11) is 1.79. The normalized spacial score (nSPS) is 12.7. The number of amides is 1. The first-order valence-corrected chi connectivity index (χ1v) is 4.64. The van der Waals surface area contributed by atoms with Gasteiger partial charge in [0.1, 0.15) is 0 Å². The molecule has 1 atom stereocenters. The summed E-state index contributed by atoms with van der Waals surface area (Å²) in [5.41, 5.74) is 5.69. The molecule has 0 saturated heterocycles. The molecule has 2 N–H and O–H groups in total. The molecule has 0 aromatic carbocycles. The molecular formula is C9H20N2O. The summed E-state index contributed by atoms with van der Waals surface area (Å²) in [4.78, 5) is 13.0. The molecule has 0 saturated carbocycles. The molecule has 0 fully saturated rings. The number of carbonyl (C=O) groups is 1. The van der Waals surface area contributed by atoms with E-state index in [0.717, 1.165) is 25.8 Å². The Kier molecular flexibility index (Phi) is 5.72. The molecule has 0 aromatic rings. The smallest absolute Gasteiger partial charge is 0.239 e. The Balaban J connectivity index is 3.75. The lowest BCUT2D eigenvalue weighted by molar-refractivity contribution is -0.131. The molecule has 0 rings (SSSR count). The van der Waals surface area contributed by atoms with Crippen LogP contribution in [0.15, 0.2) is 0 Å². The molecule has 3 heteroatoms. The van der Waals surface area contributed by atoms with E-state index in [1.54, 1.807) is 11.9 Å². The zero-order valence-corrected chi connectivity index (χ0v) is 8.34. The first kappa shape index (κ1) is 11.4. The highest BCUT2D eigenvalue weighted by Gasteiger charge is 2.15. The minimum Gasteiger partial charge on any atom is -0.345 e. The molecule has 0 radical (unpaired) electrons. The van der Waals surface area contributed by atoms with Crippen LogP contribution in [0.3, 0.4) is 0 Å². The largest absolute Gasteiger partial charge is 0.345 e. The van der Waals surface area contributed by atoms with Gasteiger partial charge in [-0.25, -0.2) is 0 Å². The maximum absolute atomic E-state index is 11.4. The third-order valence-corrected chi connectivity index (χ3v) is 2.04. The number of rotatable bonds is 5. The van der Waals surface area contributed by atoms with Crippen molar-refractivity contribution in [3.63, 3.8) is 0 Å². The van der Waals surface area contributed by atoms with Crippen LogP contribution in [0.4, 0.5) is 0 Å². The Bertz CT molecular complexity index is 136. The van der Waals surface area contributed by atoms with Crippen LogP contribution in [0.25, 0.3) is 0 Å².